The zero-order valence-electron chi connectivity index (χ0n) is 18.9. The lowest BCUT2D eigenvalue weighted by Crippen LogP contribution is -2.16. The maximum absolute atomic E-state index is 12.5. The van der Waals surface area contributed by atoms with E-state index in [4.69, 9.17) is 32.7 Å². The number of rotatable bonds is 9. The van der Waals surface area contributed by atoms with Crippen LogP contribution >= 0.6 is 34.5 Å². The molecule has 3 aromatic carbocycles. The second-order valence-electron chi connectivity index (χ2n) is 7.47. The lowest BCUT2D eigenvalue weighted by Gasteiger charge is -2.13. The van der Waals surface area contributed by atoms with E-state index >= 15 is 0 Å². The van der Waals surface area contributed by atoms with Gasteiger partial charge in [-0.3, -0.25) is 14.9 Å². The van der Waals surface area contributed by atoms with Crippen molar-refractivity contribution in [1.82, 2.24) is 5.43 Å². The number of nitro benzene ring substituents is 1. The van der Waals surface area contributed by atoms with E-state index in [1.807, 2.05) is 13.0 Å². The van der Waals surface area contributed by atoms with Crippen molar-refractivity contribution in [2.75, 3.05) is 6.61 Å². The van der Waals surface area contributed by atoms with Crippen LogP contribution in [0.4, 0.5) is 5.69 Å². The van der Waals surface area contributed by atoms with Gasteiger partial charge in [0.1, 0.15) is 6.61 Å². The van der Waals surface area contributed by atoms with Gasteiger partial charge in [0, 0.05) is 22.2 Å². The molecule has 0 aliphatic carbocycles. The Morgan fingerprint density at radius 2 is 1.89 bits per heavy atom. The number of hydrogen-bond donors (Lipinski definition) is 1. The number of nitro groups is 1. The summed E-state index contributed by atoms with van der Waals surface area (Å²) in [6.45, 7) is 2.58. The summed E-state index contributed by atoms with van der Waals surface area (Å²) in [5.74, 6) is 0.657. The number of amides is 1. The summed E-state index contributed by atoms with van der Waals surface area (Å²) in [6, 6.07) is 16.6. The van der Waals surface area contributed by atoms with Gasteiger partial charge in [0.25, 0.3) is 11.6 Å². The van der Waals surface area contributed by atoms with Gasteiger partial charge in [-0.25, -0.2) is 5.43 Å². The Morgan fingerprint density at radius 1 is 1.06 bits per heavy atom. The summed E-state index contributed by atoms with van der Waals surface area (Å²) >= 11 is 13.3. The van der Waals surface area contributed by atoms with Crippen LogP contribution in [0, 0.1) is 10.1 Å². The molecule has 0 saturated carbocycles. The topological polar surface area (TPSA) is 103 Å². The number of nitrogens with zero attached hydrogens (tertiary/aromatic N) is 2. The molecule has 0 spiro atoms. The van der Waals surface area contributed by atoms with Crippen molar-refractivity contribution in [3.8, 4) is 11.5 Å². The molecule has 0 aliphatic heterocycles. The van der Waals surface area contributed by atoms with Gasteiger partial charge >= 0.3 is 0 Å². The number of benzene rings is 3. The maximum Gasteiger partial charge on any atom is 0.281 e. The zero-order valence-corrected chi connectivity index (χ0v) is 21.2. The van der Waals surface area contributed by atoms with E-state index in [0.29, 0.717) is 44.0 Å². The van der Waals surface area contributed by atoms with E-state index < -0.39 is 10.8 Å². The Hall–Kier alpha value is -3.66. The van der Waals surface area contributed by atoms with Gasteiger partial charge in [0.15, 0.2) is 11.5 Å². The van der Waals surface area contributed by atoms with Crippen molar-refractivity contribution in [2.45, 2.75) is 13.5 Å². The monoisotopic (exact) mass is 543 g/mol. The molecule has 4 aromatic rings. The first-order valence-corrected chi connectivity index (χ1v) is 12.3. The van der Waals surface area contributed by atoms with Gasteiger partial charge < -0.3 is 9.47 Å². The Labute approximate surface area is 220 Å². The molecule has 1 N–H and O–H groups in total. The molecule has 0 unspecified atom stereocenters. The molecule has 4 rings (SSSR count). The van der Waals surface area contributed by atoms with Crippen LogP contribution in [0.3, 0.4) is 0 Å². The molecule has 36 heavy (non-hydrogen) atoms. The third-order valence-electron chi connectivity index (χ3n) is 4.96. The fraction of sp³-hybridized carbons (Fsp3) is 0.120. The molecule has 0 atom stereocenters. The first-order valence-electron chi connectivity index (χ1n) is 10.7. The van der Waals surface area contributed by atoms with Gasteiger partial charge in [-0.05, 0) is 60.5 Å². The molecular formula is C25H19Cl2N3O5S. The molecule has 11 heteroatoms. The van der Waals surface area contributed by atoms with Crippen LogP contribution in [-0.2, 0) is 6.61 Å². The molecule has 0 bridgehead atoms. The second-order valence-corrected chi connectivity index (χ2v) is 9.36. The number of halogens is 2. The third kappa shape index (κ3) is 6.12. The van der Waals surface area contributed by atoms with Crippen LogP contribution < -0.4 is 14.9 Å². The van der Waals surface area contributed by atoms with Crippen LogP contribution in [0.1, 0.15) is 27.7 Å². The minimum atomic E-state index is -0.471. The molecular weight excluding hydrogens is 525 g/mol. The van der Waals surface area contributed by atoms with E-state index in [1.54, 1.807) is 42.5 Å². The van der Waals surface area contributed by atoms with Crippen LogP contribution in [0.2, 0.25) is 10.0 Å². The van der Waals surface area contributed by atoms with E-state index in [0.717, 1.165) is 10.3 Å². The summed E-state index contributed by atoms with van der Waals surface area (Å²) in [7, 11) is 0. The molecule has 1 aromatic heterocycles. The van der Waals surface area contributed by atoms with E-state index in [9.17, 15) is 14.9 Å². The van der Waals surface area contributed by atoms with Crippen molar-refractivity contribution in [3.05, 3.63) is 96.8 Å². The van der Waals surface area contributed by atoms with Crippen molar-refractivity contribution in [1.29, 1.82) is 0 Å². The minimum absolute atomic E-state index is 0.0280. The Kier molecular flexibility index (Phi) is 8.04. The fourth-order valence-corrected chi connectivity index (χ4v) is 4.51. The van der Waals surface area contributed by atoms with Crippen molar-refractivity contribution in [2.24, 2.45) is 5.10 Å². The van der Waals surface area contributed by atoms with E-state index in [1.165, 1.54) is 29.7 Å². The van der Waals surface area contributed by atoms with Gasteiger partial charge in [-0.1, -0.05) is 29.3 Å². The van der Waals surface area contributed by atoms with Gasteiger partial charge in [0.2, 0.25) is 0 Å². The number of nitrogens with one attached hydrogen (secondary N) is 1. The number of non-ortho nitro benzene ring substituents is 1. The van der Waals surface area contributed by atoms with Crippen molar-refractivity contribution in [3.63, 3.8) is 0 Å². The largest absolute Gasteiger partial charge is 0.490 e. The zero-order chi connectivity index (χ0) is 25.7. The quantitative estimate of drug-likeness (QED) is 0.141. The first-order chi connectivity index (χ1) is 17.3. The fourth-order valence-electron chi connectivity index (χ4n) is 3.26. The number of carbonyl (C=O) groups excluding carboxylic acids is 1. The molecule has 0 fully saturated rings. The minimum Gasteiger partial charge on any atom is -0.490 e. The Balaban J connectivity index is 1.42. The molecule has 8 nitrogen and oxygen atoms in total. The predicted molar refractivity (Wildman–Crippen MR) is 142 cm³/mol. The number of fused-ring (bicyclic) bond motifs is 1. The first kappa shape index (κ1) is 25.4. The molecule has 1 heterocycles. The van der Waals surface area contributed by atoms with Crippen molar-refractivity contribution >= 4 is 62.4 Å². The summed E-state index contributed by atoms with van der Waals surface area (Å²) in [5.41, 5.74) is 4.00. The summed E-state index contributed by atoms with van der Waals surface area (Å²) < 4.78 is 12.4. The summed E-state index contributed by atoms with van der Waals surface area (Å²) in [4.78, 5) is 23.4. The molecule has 0 radical (unpaired) electrons. The molecule has 0 aliphatic rings. The lowest BCUT2D eigenvalue weighted by molar-refractivity contribution is -0.384. The highest BCUT2D eigenvalue weighted by Gasteiger charge is 2.13. The van der Waals surface area contributed by atoms with Crippen LogP contribution in [-0.4, -0.2) is 23.7 Å². The Bertz CT molecular complexity index is 1470. The normalized spacial score (nSPS) is 11.1. The van der Waals surface area contributed by atoms with Gasteiger partial charge in [-0.15, -0.1) is 11.3 Å². The molecule has 1 amide bonds. The Morgan fingerprint density at radius 3 is 2.64 bits per heavy atom. The lowest BCUT2D eigenvalue weighted by atomic mass is 10.2. The average molecular weight is 544 g/mol. The summed E-state index contributed by atoms with van der Waals surface area (Å²) in [5, 5.41) is 16.5. The van der Waals surface area contributed by atoms with Crippen LogP contribution in [0.15, 0.2) is 65.8 Å². The van der Waals surface area contributed by atoms with Crippen molar-refractivity contribution < 1.29 is 19.2 Å². The van der Waals surface area contributed by atoms with Crippen LogP contribution in [0.5, 0.6) is 11.5 Å². The molecule has 0 saturated heterocycles. The second kappa shape index (κ2) is 11.4. The van der Waals surface area contributed by atoms with Crippen LogP contribution in [0.25, 0.3) is 10.1 Å². The number of carbonyl (C=O) groups is 1. The molecule has 184 valence electrons. The summed E-state index contributed by atoms with van der Waals surface area (Å²) in [6.07, 6.45) is 1.49. The average Bonchev–Trinajstić information content (AvgIpc) is 3.29. The SMILES string of the molecule is CCOc1cc(/C=N\NC(=O)c2cc3cc([N+](=O)[O-])ccc3s2)ccc1OCc1ccc(Cl)c(Cl)c1. The van der Waals surface area contributed by atoms with Gasteiger partial charge in [-0.2, -0.15) is 5.10 Å². The number of hydrogen-bond acceptors (Lipinski definition) is 7. The highest BCUT2D eigenvalue weighted by atomic mass is 35.5. The standard InChI is InChI=1S/C25H19Cl2N3O5S/c1-2-34-22-10-15(4-7-21(22)35-14-16-3-6-19(26)20(27)9-16)13-28-29-25(31)24-12-17-11-18(30(32)33)5-8-23(17)36-24/h3-13H,2,14H2,1H3,(H,29,31)/b28-13-. The number of ether oxygens (including phenoxy) is 2. The smallest absolute Gasteiger partial charge is 0.281 e. The number of hydrazone groups is 1. The highest BCUT2D eigenvalue weighted by molar-refractivity contribution is 7.20. The predicted octanol–water partition coefficient (Wildman–Crippen LogP) is 6.86. The maximum atomic E-state index is 12.5. The third-order valence-corrected chi connectivity index (χ3v) is 6.81. The van der Waals surface area contributed by atoms with Gasteiger partial charge in [0.05, 0.1) is 32.7 Å². The highest BCUT2D eigenvalue weighted by Crippen LogP contribution is 2.31. The van der Waals surface area contributed by atoms with E-state index in [2.05, 4.69) is 10.5 Å². The van der Waals surface area contributed by atoms with E-state index in [-0.39, 0.29) is 12.3 Å². The number of thiophene rings is 1.